The molecule has 0 aliphatic carbocycles. The van der Waals surface area contributed by atoms with Crippen LogP contribution in [0, 0.1) is 0 Å². The van der Waals surface area contributed by atoms with Crippen LogP contribution in [0.15, 0.2) is 28.7 Å². The number of nitrogens with two attached hydrogens (primary N) is 1. The Morgan fingerprint density at radius 2 is 1.82 bits per heavy atom. The lowest BCUT2D eigenvalue weighted by atomic mass is 9.95. The maximum absolute atomic E-state index is 11.8. The molecule has 4 heteroatoms. The molecule has 3 nitrogen and oxygen atoms in total. The molecule has 2 N–H and O–H groups in total. The van der Waals surface area contributed by atoms with Gasteiger partial charge in [0.2, 0.25) is 0 Å². The summed E-state index contributed by atoms with van der Waals surface area (Å²) >= 11 is 3.35. The zero-order valence-electron chi connectivity index (χ0n) is 10.2. The van der Waals surface area contributed by atoms with E-state index in [0.29, 0.717) is 12.8 Å². The van der Waals surface area contributed by atoms with Crippen molar-refractivity contribution in [2.24, 2.45) is 5.73 Å². The Morgan fingerprint density at radius 1 is 1.29 bits per heavy atom. The van der Waals surface area contributed by atoms with Crippen LogP contribution < -0.4 is 5.73 Å². The Morgan fingerprint density at radius 3 is 2.29 bits per heavy atom. The molecule has 0 amide bonds. The summed E-state index contributed by atoms with van der Waals surface area (Å²) in [5, 5.41) is 0. The number of carbonyl (C=O) groups is 1. The van der Waals surface area contributed by atoms with Crippen molar-refractivity contribution in [3.8, 4) is 0 Å². The molecule has 1 aromatic carbocycles. The molecule has 0 saturated heterocycles. The summed E-state index contributed by atoms with van der Waals surface area (Å²) in [6.07, 6.45) is 1.17. The minimum atomic E-state index is -0.852. The second-order valence-electron chi connectivity index (χ2n) is 4.07. The highest BCUT2D eigenvalue weighted by molar-refractivity contribution is 9.10. The zero-order chi connectivity index (χ0) is 12.9. The van der Waals surface area contributed by atoms with Crippen molar-refractivity contribution in [1.29, 1.82) is 0 Å². The quantitative estimate of drug-likeness (QED) is 0.850. The van der Waals surface area contributed by atoms with E-state index in [4.69, 9.17) is 10.5 Å². The van der Waals surface area contributed by atoms with Crippen molar-refractivity contribution < 1.29 is 9.53 Å². The smallest absolute Gasteiger partial charge is 0.326 e. The van der Waals surface area contributed by atoms with Gasteiger partial charge in [0.1, 0.15) is 12.1 Å². The van der Waals surface area contributed by atoms with Crippen LogP contribution in [0.25, 0.3) is 0 Å². The lowest BCUT2D eigenvalue weighted by Crippen LogP contribution is -2.47. The average molecular weight is 300 g/mol. The number of hydrogen-bond acceptors (Lipinski definition) is 3. The molecule has 1 aromatic rings. The summed E-state index contributed by atoms with van der Waals surface area (Å²) in [5.74, 6) is -0.328. The van der Waals surface area contributed by atoms with Gasteiger partial charge in [-0.2, -0.15) is 0 Å². The van der Waals surface area contributed by atoms with E-state index in [-0.39, 0.29) is 12.6 Å². The number of benzene rings is 1. The van der Waals surface area contributed by atoms with Crippen LogP contribution in [0.4, 0.5) is 0 Å². The first kappa shape index (κ1) is 14.2. The highest BCUT2D eigenvalue weighted by atomic mass is 79.9. The molecule has 0 aliphatic heterocycles. The SMILES string of the molecule is CCC(N)(CC)C(=O)OCc1ccc(Br)cc1. The topological polar surface area (TPSA) is 52.3 Å². The maximum atomic E-state index is 11.8. The molecule has 17 heavy (non-hydrogen) atoms. The van der Waals surface area contributed by atoms with Gasteiger partial charge in [-0.3, -0.25) is 4.79 Å². The Balaban J connectivity index is 2.56. The van der Waals surface area contributed by atoms with Crippen LogP contribution in [0.1, 0.15) is 32.3 Å². The Hall–Kier alpha value is -0.870. The summed E-state index contributed by atoms with van der Waals surface area (Å²) in [6.45, 7) is 4.06. The van der Waals surface area contributed by atoms with Gasteiger partial charge in [-0.25, -0.2) is 0 Å². The van der Waals surface area contributed by atoms with Crippen LogP contribution >= 0.6 is 15.9 Å². The second-order valence-corrected chi connectivity index (χ2v) is 4.98. The zero-order valence-corrected chi connectivity index (χ0v) is 11.8. The van der Waals surface area contributed by atoms with Gasteiger partial charge in [0.05, 0.1) is 0 Å². The molecule has 0 aliphatic rings. The molecule has 94 valence electrons. The van der Waals surface area contributed by atoms with Gasteiger partial charge in [0.25, 0.3) is 0 Å². The largest absolute Gasteiger partial charge is 0.459 e. The summed E-state index contributed by atoms with van der Waals surface area (Å²) in [5.41, 5.74) is 6.05. The minimum Gasteiger partial charge on any atom is -0.459 e. The van der Waals surface area contributed by atoms with E-state index in [1.165, 1.54) is 0 Å². The lowest BCUT2D eigenvalue weighted by molar-refractivity contribution is -0.151. The average Bonchev–Trinajstić information content (AvgIpc) is 2.36. The van der Waals surface area contributed by atoms with E-state index >= 15 is 0 Å². The highest BCUT2D eigenvalue weighted by Crippen LogP contribution is 2.16. The van der Waals surface area contributed by atoms with Crippen LogP contribution in [-0.4, -0.2) is 11.5 Å². The molecule has 0 bridgehead atoms. The second kappa shape index (κ2) is 6.17. The molecular formula is C13H18BrNO2. The number of ether oxygens (including phenoxy) is 1. The predicted molar refractivity (Wildman–Crippen MR) is 71.4 cm³/mol. The van der Waals surface area contributed by atoms with Gasteiger partial charge in [0.15, 0.2) is 0 Å². The van der Waals surface area contributed by atoms with Crippen molar-refractivity contribution in [1.82, 2.24) is 0 Å². The van der Waals surface area contributed by atoms with E-state index in [2.05, 4.69) is 15.9 Å². The molecule has 0 saturated carbocycles. The van der Waals surface area contributed by atoms with Crippen LogP contribution in [0.2, 0.25) is 0 Å². The van der Waals surface area contributed by atoms with E-state index in [9.17, 15) is 4.79 Å². The van der Waals surface area contributed by atoms with E-state index in [1.54, 1.807) is 0 Å². The molecule has 0 atom stereocenters. The van der Waals surface area contributed by atoms with Crippen LogP contribution in [0.5, 0.6) is 0 Å². The number of halogens is 1. The molecular weight excluding hydrogens is 282 g/mol. The third-order valence-corrected chi connectivity index (χ3v) is 3.48. The van der Waals surface area contributed by atoms with Gasteiger partial charge in [0, 0.05) is 4.47 Å². The number of carbonyl (C=O) groups excluding carboxylic acids is 1. The third kappa shape index (κ3) is 3.82. The van der Waals surface area contributed by atoms with Crippen molar-refractivity contribution in [2.45, 2.75) is 38.8 Å². The first-order valence-electron chi connectivity index (χ1n) is 5.72. The molecule has 1 rings (SSSR count). The van der Waals surface area contributed by atoms with E-state index in [0.717, 1.165) is 10.0 Å². The van der Waals surface area contributed by atoms with Crippen molar-refractivity contribution in [3.63, 3.8) is 0 Å². The first-order chi connectivity index (χ1) is 8.01. The standard InChI is InChI=1S/C13H18BrNO2/c1-3-13(15,4-2)12(16)17-9-10-5-7-11(14)8-6-10/h5-8H,3-4,9,15H2,1-2H3. The normalized spacial score (nSPS) is 11.3. The Bertz CT molecular complexity index is 372. The molecule has 0 aromatic heterocycles. The third-order valence-electron chi connectivity index (χ3n) is 2.95. The molecule has 0 unspecified atom stereocenters. The summed E-state index contributed by atoms with van der Waals surface area (Å²) in [4.78, 5) is 11.8. The number of hydrogen-bond donors (Lipinski definition) is 1. The minimum absolute atomic E-state index is 0.269. The fourth-order valence-corrected chi connectivity index (χ4v) is 1.68. The molecule has 0 heterocycles. The number of esters is 1. The van der Waals surface area contributed by atoms with Crippen molar-refractivity contribution >= 4 is 21.9 Å². The van der Waals surface area contributed by atoms with Crippen molar-refractivity contribution in [3.05, 3.63) is 34.3 Å². The summed E-state index contributed by atoms with van der Waals surface area (Å²) in [7, 11) is 0. The van der Waals surface area contributed by atoms with Crippen LogP contribution in [-0.2, 0) is 16.1 Å². The van der Waals surface area contributed by atoms with Gasteiger partial charge in [-0.15, -0.1) is 0 Å². The summed E-state index contributed by atoms with van der Waals surface area (Å²) < 4.78 is 6.24. The molecule has 0 radical (unpaired) electrons. The van der Waals surface area contributed by atoms with Gasteiger partial charge in [-0.1, -0.05) is 41.9 Å². The lowest BCUT2D eigenvalue weighted by Gasteiger charge is -2.23. The van der Waals surface area contributed by atoms with Crippen LogP contribution in [0.3, 0.4) is 0 Å². The fraction of sp³-hybridized carbons (Fsp3) is 0.462. The molecule has 0 spiro atoms. The maximum Gasteiger partial charge on any atom is 0.326 e. The first-order valence-corrected chi connectivity index (χ1v) is 6.51. The van der Waals surface area contributed by atoms with Gasteiger partial charge in [-0.05, 0) is 30.5 Å². The monoisotopic (exact) mass is 299 g/mol. The van der Waals surface area contributed by atoms with Gasteiger partial charge >= 0.3 is 5.97 Å². The Kier molecular flexibility index (Phi) is 5.15. The number of rotatable bonds is 5. The predicted octanol–water partition coefficient (Wildman–Crippen LogP) is 3.01. The van der Waals surface area contributed by atoms with E-state index < -0.39 is 5.54 Å². The van der Waals surface area contributed by atoms with Crippen molar-refractivity contribution in [2.75, 3.05) is 0 Å². The van der Waals surface area contributed by atoms with Gasteiger partial charge < -0.3 is 10.5 Å². The van der Waals surface area contributed by atoms with E-state index in [1.807, 2.05) is 38.1 Å². The molecule has 0 fully saturated rings. The Labute approximate surface area is 110 Å². The highest BCUT2D eigenvalue weighted by Gasteiger charge is 2.31. The fourth-order valence-electron chi connectivity index (χ4n) is 1.41. The summed E-state index contributed by atoms with van der Waals surface area (Å²) in [6, 6.07) is 7.65.